The summed E-state index contributed by atoms with van der Waals surface area (Å²) in [6, 6.07) is 23.7. The van der Waals surface area contributed by atoms with Gasteiger partial charge in [-0.15, -0.1) is 0 Å². The van der Waals surface area contributed by atoms with Gasteiger partial charge in [0.2, 0.25) is 6.41 Å². The average Bonchev–Trinajstić information content (AvgIpc) is 2.86. The Bertz CT molecular complexity index is 1060. The zero-order valence-corrected chi connectivity index (χ0v) is 21.3. The largest absolute Gasteiger partial charge is 0.339 e. The first-order chi connectivity index (χ1) is 16.7. The number of carbonyl (C=O) groups excluding carboxylic acids is 2. The number of likely N-dealkylation sites (tertiary alicyclic amines) is 1. The Labute approximate surface area is 210 Å². The molecule has 0 spiro atoms. The van der Waals surface area contributed by atoms with E-state index in [2.05, 4.69) is 32.2 Å². The van der Waals surface area contributed by atoms with Crippen molar-refractivity contribution in [2.45, 2.75) is 52.4 Å². The van der Waals surface area contributed by atoms with Crippen molar-refractivity contribution in [1.82, 2.24) is 4.90 Å². The first-order valence-corrected chi connectivity index (χ1v) is 12.1. The van der Waals surface area contributed by atoms with Crippen LogP contribution in [-0.2, 0) is 10.2 Å². The van der Waals surface area contributed by atoms with E-state index in [4.69, 9.17) is 0 Å². The second-order valence-corrected chi connectivity index (χ2v) is 9.56. The topological polar surface area (TPSA) is 49.4 Å². The van der Waals surface area contributed by atoms with Gasteiger partial charge in [-0.05, 0) is 73.1 Å². The van der Waals surface area contributed by atoms with Crippen LogP contribution < -0.4 is 5.32 Å². The number of anilines is 1. The Kier molecular flexibility index (Phi) is 11.1. The number of rotatable bonds is 3. The number of nitrogens with one attached hydrogen (secondary N) is 1. The van der Waals surface area contributed by atoms with Gasteiger partial charge in [0.15, 0.2) is 0 Å². The van der Waals surface area contributed by atoms with Crippen LogP contribution in [-0.4, -0.2) is 30.3 Å². The molecule has 4 rings (SSSR count). The van der Waals surface area contributed by atoms with Crippen molar-refractivity contribution >= 4 is 18.0 Å². The molecule has 35 heavy (non-hydrogen) atoms. The van der Waals surface area contributed by atoms with Gasteiger partial charge in [0.25, 0.3) is 5.91 Å². The number of nitrogens with zero attached hydrogens (tertiary/aromatic N) is 1. The van der Waals surface area contributed by atoms with Crippen molar-refractivity contribution in [3.05, 3.63) is 101 Å². The third-order valence-electron chi connectivity index (χ3n) is 5.71. The molecule has 1 aliphatic heterocycles. The van der Waals surface area contributed by atoms with Crippen LogP contribution in [0.4, 0.5) is 10.1 Å². The Hall–Kier alpha value is -3.47. The summed E-state index contributed by atoms with van der Waals surface area (Å²) in [5, 5.41) is 2.64. The maximum Gasteiger partial charge on any atom is 0.254 e. The second-order valence-electron chi connectivity index (χ2n) is 9.56. The molecule has 188 valence electrons. The van der Waals surface area contributed by atoms with Crippen molar-refractivity contribution in [2.75, 3.05) is 18.4 Å². The number of aryl methyl sites for hydroxylation is 1. The van der Waals surface area contributed by atoms with Crippen LogP contribution in [0.25, 0.3) is 0 Å². The number of piperidine rings is 1. The molecule has 1 N–H and O–H groups in total. The Morgan fingerprint density at radius 2 is 1.54 bits per heavy atom. The van der Waals surface area contributed by atoms with E-state index in [1.807, 2.05) is 54.3 Å². The SMILES string of the molecule is CC(C)(C)c1cccc(NC=O)c1.Cc1ccccc1C(=O)N1CCCCC1.Fc1ccccc1.[HH]. The molecule has 1 aliphatic rings. The van der Waals surface area contributed by atoms with Crippen LogP contribution in [0, 0.1) is 12.7 Å². The first-order valence-electron chi connectivity index (χ1n) is 12.1. The zero-order valence-electron chi connectivity index (χ0n) is 21.3. The summed E-state index contributed by atoms with van der Waals surface area (Å²) < 4.78 is 11.9. The molecule has 0 unspecified atom stereocenters. The normalized spacial score (nSPS) is 12.9. The second kappa shape index (κ2) is 14.1. The van der Waals surface area contributed by atoms with E-state index in [9.17, 15) is 14.0 Å². The Morgan fingerprint density at radius 1 is 0.914 bits per heavy atom. The van der Waals surface area contributed by atoms with Crippen LogP contribution in [0.5, 0.6) is 0 Å². The maximum absolute atomic E-state index is 12.1. The average molecular weight is 479 g/mol. The zero-order chi connectivity index (χ0) is 25.7. The van der Waals surface area contributed by atoms with E-state index in [1.165, 1.54) is 24.1 Å². The van der Waals surface area contributed by atoms with Gasteiger partial charge in [-0.3, -0.25) is 9.59 Å². The molecule has 1 saturated heterocycles. The lowest BCUT2D eigenvalue weighted by atomic mass is 9.87. The minimum Gasteiger partial charge on any atom is -0.339 e. The molecule has 3 aromatic carbocycles. The number of halogens is 1. The molecule has 3 aromatic rings. The van der Waals surface area contributed by atoms with Crippen LogP contribution in [0.15, 0.2) is 78.9 Å². The molecule has 4 nitrogen and oxygen atoms in total. The molecule has 2 amide bonds. The molecule has 1 fully saturated rings. The van der Waals surface area contributed by atoms with Crippen molar-refractivity contribution < 1.29 is 15.4 Å². The summed E-state index contributed by atoms with van der Waals surface area (Å²) in [5.41, 5.74) is 4.13. The highest BCUT2D eigenvalue weighted by Gasteiger charge is 2.18. The molecule has 0 aromatic heterocycles. The quantitative estimate of drug-likeness (QED) is 0.403. The van der Waals surface area contributed by atoms with Crippen LogP contribution in [0.3, 0.4) is 0 Å². The van der Waals surface area contributed by atoms with Crippen molar-refractivity contribution in [3.8, 4) is 0 Å². The number of carbonyl (C=O) groups is 2. The van der Waals surface area contributed by atoms with E-state index in [0.717, 1.165) is 42.7 Å². The van der Waals surface area contributed by atoms with Crippen molar-refractivity contribution in [3.63, 3.8) is 0 Å². The summed E-state index contributed by atoms with van der Waals surface area (Å²) in [5.74, 6) is 0.0234. The molecule has 1 heterocycles. The number of hydrogen-bond acceptors (Lipinski definition) is 2. The van der Waals surface area contributed by atoms with Gasteiger partial charge < -0.3 is 10.2 Å². The predicted octanol–water partition coefficient (Wildman–Crippen LogP) is 7.25. The molecule has 0 radical (unpaired) electrons. The third kappa shape index (κ3) is 9.73. The lowest BCUT2D eigenvalue weighted by molar-refractivity contribution is -0.105. The minimum absolute atomic E-state index is 0. The van der Waals surface area contributed by atoms with Gasteiger partial charge in [0.05, 0.1) is 0 Å². The van der Waals surface area contributed by atoms with E-state index >= 15 is 0 Å². The fourth-order valence-corrected chi connectivity index (χ4v) is 3.64. The molecule has 0 aliphatic carbocycles. The number of benzene rings is 3. The fourth-order valence-electron chi connectivity index (χ4n) is 3.64. The summed E-state index contributed by atoms with van der Waals surface area (Å²) in [6.07, 6.45) is 4.26. The van der Waals surface area contributed by atoms with E-state index in [-0.39, 0.29) is 18.6 Å². The fraction of sp³-hybridized carbons (Fsp3) is 0.333. The highest BCUT2D eigenvalue weighted by atomic mass is 19.1. The lowest BCUT2D eigenvalue weighted by Gasteiger charge is -2.27. The number of hydrogen-bond donors (Lipinski definition) is 1. The van der Waals surface area contributed by atoms with Crippen LogP contribution >= 0.6 is 0 Å². The third-order valence-corrected chi connectivity index (χ3v) is 5.71. The van der Waals surface area contributed by atoms with Crippen molar-refractivity contribution in [1.29, 1.82) is 0 Å². The summed E-state index contributed by atoms with van der Waals surface area (Å²) in [4.78, 5) is 24.3. The van der Waals surface area contributed by atoms with Gasteiger partial charge in [0, 0.05) is 25.8 Å². The number of amides is 2. The Balaban J connectivity index is 0.000000282. The Morgan fingerprint density at radius 3 is 2.09 bits per heavy atom. The predicted molar refractivity (Wildman–Crippen MR) is 144 cm³/mol. The summed E-state index contributed by atoms with van der Waals surface area (Å²) in [6.45, 7) is 10.3. The van der Waals surface area contributed by atoms with Gasteiger partial charge in [-0.25, -0.2) is 4.39 Å². The smallest absolute Gasteiger partial charge is 0.254 e. The standard InChI is InChI=1S/C13H17NO.C11H15NO.C6H5F.H2/c1-11-7-3-4-8-12(11)13(15)14-9-5-2-6-10-14;1-11(2,3)9-5-4-6-10(7-9)12-8-13;7-6-4-2-1-3-5-6;/h3-4,7-8H,2,5-6,9-10H2,1H3;4-8H,1-3H3,(H,12,13);1-5H;1H. The van der Waals surface area contributed by atoms with Crippen LogP contribution in [0.1, 0.15) is 62.9 Å². The molecule has 0 bridgehead atoms. The van der Waals surface area contributed by atoms with Gasteiger partial charge >= 0.3 is 0 Å². The molecular weight excluding hydrogens is 439 g/mol. The molecular formula is C30H39FN2O2. The van der Waals surface area contributed by atoms with Crippen molar-refractivity contribution in [2.24, 2.45) is 0 Å². The van der Waals surface area contributed by atoms with E-state index in [1.54, 1.807) is 18.2 Å². The molecule has 0 atom stereocenters. The highest BCUT2D eigenvalue weighted by Crippen LogP contribution is 2.24. The first kappa shape index (κ1) is 27.8. The van der Waals surface area contributed by atoms with Gasteiger partial charge in [-0.2, -0.15) is 0 Å². The summed E-state index contributed by atoms with van der Waals surface area (Å²) >= 11 is 0. The van der Waals surface area contributed by atoms with E-state index < -0.39 is 0 Å². The van der Waals surface area contributed by atoms with E-state index in [0.29, 0.717) is 6.41 Å². The lowest BCUT2D eigenvalue weighted by Crippen LogP contribution is -2.35. The monoisotopic (exact) mass is 478 g/mol. The van der Waals surface area contributed by atoms with Gasteiger partial charge in [-0.1, -0.05) is 69.3 Å². The van der Waals surface area contributed by atoms with Gasteiger partial charge in [0.1, 0.15) is 5.82 Å². The maximum atomic E-state index is 12.1. The van der Waals surface area contributed by atoms with Crippen LogP contribution in [0.2, 0.25) is 0 Å². The minimum atomic E-state index is -0.178. The molecule has 5 heteroatoms. The highest BCUT2D eigenvalue weighted by molar-refractivity contribution is 5.95. The molecule has 0 saturated carbocycles. The summed E-state index contributed by atoms with van der Waals surface area (Å²) in [7, 11) is 0.